The number of ketones is 1. The zero-order valence-corrected chi connectivity index (χ0v) is 8.84. The van der Waals surface area contributed by atoms with Crippen LogP contribution >= 0.6 is 11.3 Å². The average Bonchev–Trinajstić information content (AvgIpc) is 2.66. The van der Waals surface area contributed by atoms with Crippen LogP contribution in [0.25, 0.3) is 0 Å². The Bertz CT molecular complexity index is 365. The molecule has 1 aromatic heterocycles. The second kappa shape index (κ2) is 3.96. The van der Waals surface area contributed by atoms with Crippen LogP contribution in [0, 0.1) is 0 Å². The van der Waals surface area contributed by atoms with Gasteiger partial charge in [0.1, 0.15) is 6.10 Å². The maximum absolute atomic E-state index is 11.2. The summed E-state index contributed by atoms with van der Waals surface area (Å²) in [6, 6.07) is 4.16. The lowest BCUT2D eigenvalue weighted by molar-refractivity contribution is -0.118. The lowest BCUT2D eigenvalue weighted by Gasteiger charge is -2.16. The van der Waals surface area contributed by atoms with Gasteiger partial charge in [0.15, 0.2) is 5.78 Å². The van der Waals surface area contributed by atoms with Crippen LogP contribution in [-0.2, 0) is 16.0 Å². The molecule has 2 heterocycles. The molecule has 0 fully saturated rings. The molecule has 3 heteroatoms. The Hall–Kier alpha value is -1.09. The summed E-state index contributed by atoms with van der Waals surface area (Å²) in [6.45, 7) is 2.13. The SMILES string of the molecule is CCc1ccc(C2CC(=O)C=CO2)s1. The van der Waals surface area contributed by atoms with E-state index in [2.05, 4.69) is 19.1 Å². The Morgan fingerprint density at radius 1 is 1.57 bits per heavy atom. The Morgan fingerprint density at radius 3 is 3.07 bits per heavy atom. The van der Waals surface area contributed by atoms with Crippen molar-refractivity contribution in [2.45, 2.75) is 25.9 Å². The number of aryl methyl sites for hydroxylation is 1. The Labute approximate surface area is 87.2 Å². The average molecular weight is 208 g/mol. The Kier molecular flexibility index (Phi) is 2.68. The van der Waals surface area contributed by atoms with Gasteiger partial charge >= 0.3 is 0 Å². The number of allylic oxidation sites excluding steroid dienone is 1. The number of thiophene rings is 1. The van der Waals surface area contributed by atoms with Crippen LogP contribution < -0.4 is 0 Å². The maximum atomic E-state index is 11.2. The monoisotopic (exact) mass is 208 g/mol. The van der Waals surface area contributed by atoms with Gasteiger partial charge in [-0.3, -0.25) is 4.79 Å². The molecular weight excluding hydrogens is 196 g/mol. The molecule has 1 atom stereocenters. The first-order valence-electron chi connectivity index (χ1n) is 4.73. The van der Waals surface area contributed by atoms with E-state index in [-0.39, 0.29) is 11.9 Å². The van der Waals surface area contributed by atoms with Crippen LogP contribution in [0.4, 0.5) is 0 Å². The molecule has 0 radical (unpaired) electrons. The van der Waals surface area contributed by atoms with Crippen molar-refractivity contribution in [3.05, 3.63) is 34.2 Å². The molecule has 74 valence electrons. The first-order chi connectivity index (χ1) is 6.79. The van der Waals surface area contributed by atoms with Crippen molar-refractivity contribution in [3.8, 4) is 0 Å². The van der Waals surface area contributed by atoms with Gasteiger partial charge in [-0.05, 0) is 18.6 Å². The highest BCUT2D eigenvalue weighted by Crippen LogP contribution is 2.30. The van der Waals surface area contributed by atoms with E-state index in [1.54, 1.807) is 11.3 Å². The molecule has 0 aromatic carbocycles. The van der Waals surface area contributed by atoms with Crippen molar-refractivity contribution < 1.29 is 9.53 Å². The second-order valence-corrected chi connectivity index (χ2v) is 4.46. The smallest absolute Gasteiger partial charge is 0.162 e. The number of rotatable bonds is 2. The number of hydrogen-bond acceptors (Lipinski definition) is 3. The molecule has 1 aliphatic rings. The van der Waals surface area contributed by atoms with E-state index in [0.29, 0.717) is 6.42 Å². The van der Waals surface area contributed by atoms with Gasteiger partial charge in [-0.25, -0.2) is 0 Å². The van der Waals surface area contributed by atoms with E-state index in [0.717, 1.165) is 11.3 Å². The van der Waals surface area contributed by atoms with E-state index in [1.165, 1.54) is 17.2 Å². The molecule has 14 heavy (non-hydrogen) atoms. The van der Waals surface area contributed by atoms with E-state index in [1.807, 2.05) is 0 Å². The largest absolute Gasteiger partial charge is 0.492 e. The standard InChI is InChI=1S/C11H12O2S/c1-2-9-3-4-11(14-9)10-7-8(12)5-6-13-10/h3-6,10H,2,7H2,1H3. The number of hydrogen-bond donors (Lipinski definition) is 0. The summed E-state index contributed by atoms with van der Waals surface area (Å²) in [7, 11) is 0. The van der Waals surface area contributed by atoms with Gasteiger partial charge in [0, 0.05) is 15.8 Å². The second-order valence-electron chi connectivity index (χ2n) is 3.26. The van der Waals surface area contributed by atoms with E-state index >= 15 is 0 Å². The van der Waals surface area contributed by atoms with Crippen molar-refractivity contribution in [2.24, 2.45) is 0 Å². The van der Waals surface area contributed by atoms with Gasteiger partial charge in [-0.1, -0.05) is 6.92 Å². The van der Waals surface area contributed by atoms with Gasteiger partial charge in [0.05, 0.1) is 12.7 Å². The Balaban J connectivity index is 2.15. The Morgan fingerprint density at radius 2 is 2.43 bits per heavy atom. The number of carbonyl (C=O) groups excluding carboxylic acids is 1. The minimum absolute atomic E-state index is 0.0576. The molecule has 0 amide bonds. The molecule has 0 bridgehead atoms. The zero-order chi connectivity index (χ0) is 9.97. The molecule has 0 spiro atoms. The molecule has 2 rings (SSSR count). The van der Waals surface area contributed by atoms with E-state index < -0.39 is 0 Å². The van der Waals surface area contributed by atoms with Crippen LogP contribution in [0.2, 0.25) is 0 Å². The maximum Gasteiger partial charge on any atom is 0.162 e. The predicted octanol–water partition coefficient (Wildman–Crippen LogP) is 2.85. The third kappa shape index (κ3) is 1.87. The summed E-state index contributed by atoms with van der Waals surface area (Å²) < 4.78 is 5.40. The fourth-order valence-electron chi connectivity index (χ4n) is 1.43. The minimum Gasteiger partial charge on any atom is -0.492 e. The van der Waals surface area contributed by atoms with Gasteiger partial charge in [-0.2, -0.15) is 0 Å². The lowest BCUT2D eigenvalue weighted by atomic mass is 10.1. The molecule has 1 aliphatic heterocycles. The topological polar surface area (TPSA) is 26.3 Å². The quantitative estimate of drug-likeness (QED) is 0.747. The van der Waals surface area contributed by atoms with Crippen LogP contribution in [0.3, 0.4) is 0 Å². The van der Waals surface area contributed by atoms with Gasteiger partial charge in [0.25, 0.3) is 0 Å². The highest BCUT2D eigenvalue weighted by molar-refractivity contribution is 7.12. The van der Waals surface area contributed by atoms with Crippen molar-refractivity contribution >= 4 is 17.1 Å². The molecule has 0 aliphatic carbocycles. The van der Waals surface area contributed by atoms with Crippen LogP contribution in [0.1, 0.15) is 29.2 Å². The normalized spacial score (nSPS) is 20.9. The highest BCUT2D eigenvalue weighted by Gasteiger charge is 2.19. The fourth-order valence-corrected chi connectivity index (χ4v) is 2.42. The van der Waals surface area contributed by atoms with Gasteiger partial charge in [-0.15, -0.1) is 11.3 Å². The fraction of sp³-hybridized carbons (Fsp3) is 0.364. The summed E-state index contributed by atoms with van der Waals surface area (Å²) in [5.41, 5.74) is 0. The minimum atomic E-state index is -0.0576. The van der Waals surface area contributed by atoms with Crippen LogP contribution in [0.5, 0.6) is 0 Å². The first-order valence-corrected chi connectivity index (χ1v) is 5.54. The molecule has 2 nitrogen and oxygen atoms in total. The highest BCUT2D eigenvalue weighted by atomic mass is 32.1. The number of ether oxygens (including phenoxy) is 1. The molecule has 0 saturated carbocycles. The molecule has 0 saturated heterocycles. The summed E-state index contributed by atoms with van der Waals surface area (Å²) in [5.74, 6) is 0.146. The summed E-state index contributed by atoms with van der Waals surface area (Å²) >= 11 is 1.73. The van der Waals surface area contributed by atoms with Gasteiger partial charge < -0.3 is 4.74 Å². The molecule has 0 N–H and O–H groups in total. The lowest BCUT2D eigenvalue weighted by Crippen LogP contribution is -2.09. The third-order valence-corrected chi connectivity index (χ3v) is 3.55. The van der Waals surface area contributed by atoms with Crippen molar-refractivity contribution in [1.29, 1.82) is 0 Å². The predicted molar refractivity (Wildman–Crippen MR) is 56.3 cm³/mol. The van der Waals surface area contributed by atoms with Crippen molar-refractivity contribution in [1.82, 2.24) is 0 Å². The molecule has 1 unspecified atom stereocenters. The third-order valence-electron chi connectivity index (χ3n) is 2.23. The summed E-state index contributed by atoms with van der Waals surface area (Å²) in [4.78, 5) is 13.7. The summed E-state index contributed by atoms with van der Waals surface area (Å²) in [5, 5.41) is 0. The van der Waals surface area contributed by atoms with Crippen molar-refractivity contribution in [2.75, 3.05) is 0 Å². The van der Waals surface area contributed by atoms with Crippen molar-refractivity contribution in [3.63, 3.8) is 0 Å². The molecule has 1 aromatic rings. The van der Waals surface area contributed by atoms with Gasteiger partial charge in [0.2, 0.25) is 0 Å². The molecular formula is C11H12O2S. The van der Waals surface area contributed by atoms with Crippen LogP contribution in [0.15, 0.2) is 24.5 Å². The van der Waals surface area contributed by atoms with E-state index in [4.69, 9.17) is 4.74 Å². The number of carbonyl (C=O) groups is 1. The zero-order valence-electron chi connectivity index (χ0n) is 8.03. The van der Waals surface area contributed by atoms with E-state index in [9.17, 15) is 4.79 Å². The first kappa shape index (κ1) is 9.46. The summed E-state index contributed by atoms with van der Waals surface area (Å²) in [6.07, 6.45) is 4.45. The van der Waals surface area contributed by atoms with Crippen LogP contribution in [-0.4, -0.2) is 5.78 Å².